The molecular weight excluding hydrogens is 107 g/mol. The van der Waals surface area contributed by atoms with E-state index < -0.39 is 0 Å². The Balaban J connectivity index is 2.64. The largest absolute Gasteiger partial charge is 0.449 e. The van der Waals surface area contributed by atoms with E-state index in [9.17, 15) is 4.39 Å². The molecule has 0 aliphatic carbocycles. The van der Waals surface area contributed by atoms with E-state index in [0.717, 1.165) is 5.75 Å². The number of hydrogen-bond acceptors (Lipinski definition) is 1. The van der Waals surface area contributed by atoms with Crippen LogP contribution in [-0.2, 0) is 0 Å². The molecule has 0 saturated heterocycles. The van der Waals surface area contributed by atoms with Crippen molar-refractivity contribution in [1.82, 2.24) is 0 Å². The topological polar surface area (TPSA) is 12.5 Å². The minimum atomic E-state index is -0.235. The molecule has 0 spiro atoms. The van der Waals surface area contributed by atoms with Gasteiger partial charge in [-0.2, -0.15) is 0 Å². The zero-order valence-corrected chi connectivity index (χ0v) is 4.02. The van der Waals surface area contributed by atoms with E-state index >= 15 is 0 Å². The summed E-state index contributed by atoms with van der Waals surface area (Å²) in [5.74, 6) is 1.23. The summed E-state index contributed by atoms with van der Waals surface area (Å²) in [6, 6.07) is 4.37. The number of benzene rings is 1. The molecule has 1 heterocycles. The molecule has 0 amide bonds. The highest BCUT2D eigenvalue weighted by atomic mass is 19.1. The van der Waals surface area contributed by atoms with Gasteiger partial charge < -0.3 is 4.74 Å². The molecule has 2 rings (SSSR count). The first kappa shape index (κ1) is 3.89. The molecule has 1 nitrogen and oxygen atoms in total. The van der Waals surface area contributed by atoms with Crippen molar-refractivity contribution in [3.63, 3.8) is 0 Å². The summed E-state index contributed by atoms with van der Waals surface area (Å²) < 4.78 is 16.9. The highest BCUT2D eigenvalue weighted by molar-refractivity contribution is 5.53. The van der Waals surface area contributed by atoms with Gasteiger partial charge in [-0.15, -0.1) is 0 Å². The molecule has 0 unspecified atom stereocenters. The summed E-state index contributed by atoms with van der Waals surface area (Å²) in [6.45, 7) is 0. The van der Waals surface area contributed by atoms with E-state index in [4.69, 9.17) is 4.74 Å². The lowest BCUT2D eigenvalue weighted by molar-refractivity contribution is 0.620. The first-order valence-corrected chi connectivity index (χ1v) is 2.34. The Morgan fingerprint density at radius 1 is 1.25 bits per heavy atom. The maximum absolute atomic E-state index is 12.1. The van der Waals surface area contributed by atoms with Crippen LogP contribution in [0.2, 0.25) is 0 Å². The molecule has 0 fully saturated rings. The van der Waals surface area contributed by atoms with E-state index in [2.05, 4.69) is 0 Å². The molecule has 0 atom stereocenters. The fourth-order valence-corrected chi connectivity index (χ4v) is 0.638. The number of ether oxygens (including phenoxy) is 1. The minimum absolute atomic E-state index is 0.235. The van der Waals surface area contributed by atoms with Crippen molar-refractivity contribution >= 4 is 0 Å². The van der Waals surface area contributed by atoms with E-state index in [0.29, 0.717) is 5.75 Å². The summed E-state index contributed by atoms with van der Waals surface area (Å²) in [7, 11) is 0. The van der Waals surface area contributed by atoms with Gasteiger partial charge in [0.25, 0.3) is 0 Å². The van der Waals surface area contributed by atoms with Crippen molar-refractivity contribution in [3.05, 3.63) is 24.0 Å². The molecule has 0 N–H and O–H groups in total. The number of halogens is 1. The Kier molecular flexibility index (Phi) is 0.497. The molecule has 2 heteroatoms. The summed E-state index contributed by atoms with van der Waals surface area (Å²) in [6.07, 6.45) is 0. The molecule has 0 bridgehead atoms. The molecule has 1 aliphatic rings. The van der Waals surface area contributed by atoms with Gasteiger partial charge in [0, 0.05) is 6.07 Å². The second-order valence-electron chi connectivity index (χ2n) is 1.69. The minimum Gasteiger partial charge on any atom is -0.449 e. The first-order valence-electron chi connectivity index (χ1n) is 2.34. The van der Waals surface area contributed by atoms with E-state index in [1.807, 2.05) is 0 Å². The zero-order chi connectivity index (χ0) is 5.56. The van der Waals surface area contributed by atoms with Crippen LogP contribution in [0.1, 0.15) is 0 Å². The van der Waals surface area contributed by atoms with Crippen molar-refractivity contribution in [2.24, 2.45) is 0 Å². The molecule has 8 heavy (non-hydrogen) atoms. The molecule has 0 radical (unpaired) electrons. The van der Waals surface area contributed by atoms with Crippen molar-refractivity contribution in [2.75, 3.05) is 0 Å². The average Bonchev–Trinajstić information content (AvgIpc) is 2.43. The van der Waals surface area contributed by atoms with E-state index in [1.54, 1.807) is 6.07 Å². The lowest BCUT2D eigenvalue weighted by atomic mass is 10.4. The third-order valence-electron chi connectivity index (χ3n) is 1.08. The number of hydrogen-bond donors (Lipinski definition) is 0. The zero-order valence-electron chi connectivity index (χ0n) is 4.02. The van der Waals surface area contributed by atoms with Gasteiger partial charge in [-0.3, -0.25) is 0 Å². The predicted octanol–water partition coefficient (Wildman–Crippen LogP) is 1.93. The summed E-state index contributed by atoms with van der Waals surface area (Å²) in [4.78, 5) is 0. The van der Waals surface area contributed by atoms with Gasteiger partial charge in [-0.05, 0) is 12.1 Å². The quantitative estimate of drug-likeness (QED) is 0.472. The van der Waals surface area contributed by atoms with Crippen LogP contribution in [-0.4, -0.2) is 0 Å². The van der Waals surface area contributed by atoms with Gasteiger partial charge in [0.2, 0.25) is 0 Å². The highest BCUT2D eigenvalue weighted by Gasteiger charge is 2.18. The fourth-order valence-electron chi connectivity index (χ4n) is 0.638. The summed E-state index contributed by atoms with van der Waals surface area (Å²) in [5, 5.41) is 0. The van der Waals surface area contributed by atoms with Crippen LogP contribution in [0.25, 0.3) is 0 Å². The Labute approximate surface area is 45.7 Å². The van der Waals surface area contributed by atoms with Crippen LogP contribution in [0.3, 0.4) is 0 Å². The summed E-state index contributed by atoms with van der Waals surface area (Å²) >= 11 is 0. The molecule has 40 valence electrons. The van der Waals surface area contributed by atoms with Gasteiger partial charge in [0.05, 0.1) is 0 Å². The van der Waals surface area contributed by atoms with Crippen molar-refractivity contribution < 1.29 is 9.13 Å². The van der Waals surface area contributed by atoms with E-state index in [1.165, 1.54) is 12.1 Å². The van der Waals surface area contributed by atoms with Crippen molar-refractivity contribution in [1.29, 1.82) is 0 Å². The normalized spacial score (nSPS) is 12.1. The molecule has 0 saturated carbocycles. The second-order valence-corrected chi connectivity index (χ2v) is 1.69. The van der Waals surface area contributed by atoms with Crippen LogP contribution in [0.15, 0.2) is 18.2 Å². The van der Waals surface area contributed by atoms with Crippen LogP contribution in [0, 0.1) is 5.82 Å². The third-order valence-corrected chi connectivity index (χ3v) is 1.08. The molecule has 1 aromatic carbocycles. The smallest absolute Gasteiger partial charge is 0.173 e. The Bertz CT molecular complexity index is 231. The van der Waals surface area contributed by atoms with Gasteiger partial charge >= 0.3 is 0 Å². The number of rotatable bonds is 0. The standard InChI is InChI=1S/C6H3FO/c7-4-1-2-5-6(3-4)8-5/h1-3H. The Morgan fingerprint density at radius 2 is 2.12 bits per heavy atom. The monoisotopic (exact) mass is 110 g/mol. The fraction of sp³-hybridized carbons (Fsp3) is 0. The Hall–Kier alpha value is -1.05. The predicted molar refractivity (Wildman–Crippen MR) is 26.5 cm³/mol. The van der Waals surface area contributed by atoms with Crippen LogP contribution in [0.4, 0.5) is 4.39 Å². The molecule has 0 aromatic heterocycles. The maximum Gasteiger partial charge on any atom is 0.173 e. The summed E-state index contributed by atoms with van der Waals surface area (Å²) in [5.41, 5.74) is 0. The second kappa shape index (κ2) is 1.02. The van der Waals surface area contributed by atoms with Gasteiger partial charge in [-0.25, -0.2) is 4.39 Å². The van der Waals surface area contributed by atoms with Gasteiger partial charge in [0.1, 0.15) is 5.82 Å². The third kappa shape index (κ3) is 0.397. The lowest BCUT2D eigenvalue weighted by Crippen LogP contribution is -1.59. The van der Waals surface area contributed by atoms with Crippen LogP contribution in [0.5, 0.6) is 11.5 Å². The Morgan fingerprint density at radius 3 is 2.75 bits per heavy atom. The van der Waals surface area contributed by atoms with Crippen LogP contribution >= 0.6 is 0 Å². The van der Waals surface area contributed by atoms with Gasteiger partial charge in [-0.1, -0.05) is 0 Å². The first-order chi connectivity index (χ1) is 3.86. The highest BCUT2D eigenvalue weighted by Crippen LogP contribution is 2.44. The molecule has 1 aliphatic heterocycles. The lowest BCUT2D eigenvalue weighted by Gasteiger charge is -1.73. The maximum atomic E-state index is 12.1. The van der Waals surface area contributed by atoms with Crippen LogP contribution < -0.4 is 4.74 Å². The molecular formula is C6H3FO. The van der Waals surface area contributed by atoms with Crippen molar-refractivity contribution in [2.45, 2.75) is 0 Å². The molecule has 1 aromatic rings. The number of fused-ring (bicyclic) bond motifs is 1. The van der Waals surface area contributed by atoms with Gasteiger partial charge in [0.15, 0.2) is 11.5 Å². The van der Waals surface area contributed by atoms with Crippen molar-refractivity contribution in [3.8, 4) is 11.5 Å². The van der Waals surface area contributed by atoms with E-state index in [-0.39, 0.29) is 5.82 Å². The SMILES string of the molecule is Fc1ccc2c(c1)O2. The average molecular weight is 110 g/mol.